The Morgan fingerprint density at radius 1 is 0.815 bits per heavy atom. The van der Waals surface area contributed by atoms with Gasteiger partial charge in [0.05, 0.1) is 0 Å². The van der Waals surface area contributed by atoms with E-state index in [-0.39, 0.29) is 0 Å². The maximum absolute atomic E-state index is 14.4. The van der Waals surface area contributed by atoms with Crippen molar-refractivity contribution in [1.29, 1.82) is 0 Å². The Labute approximate surface area is 163 Å². The molecule has 0 saturated heterocycles. The number of benzene rings is 2. The lowest BCUT2D eigenvalue weighted by atomic mass is 9.77. The average molecular weight is 371 g/mol. The fourth-order valence-electron chi connectivity index (χ4n) is 4.49. The molecule has 3 rings (SSSR count). The molecule has 0 heterocycles. The molecular weight excluding hydrogens is 338 g/mol. The van der Waals surface area contributed by atoms with Crippen LogP contribution < -0.4 is 0 Å². The van der Waals surface area contributed by atoms with E-state index < -0.39 is 11.6 Å². The van der Waals surface area contributed by atoms with Crippen LogP contribution in [0.3, 0.4) is 0 Å². The van der Waals surface area contributed by atoms with Gasteiger partial charge in [0, 0.05) is 5.56 Å². The first kappa shape index (κ1) is 20.0. The smallest absolute Gasteiger partial charge is 0.166 e. The largest absolute Gasteiger partial charge is 0.203 e. The summed E-state index contributed by atoms with van der Waals surface area (Å²) >= 11 is 0. The zero-order valence-electron chi connectivity index (χ0n) is 16.7. The molecule has 2 aromatic carbocycles. The maximum Gasteiger partial charge on any atom is 0.166 e. The first-order chi connectivity index (χ1) is 13.1. The number of unbranched alkanes of at least 4 members (excludes halogenated alkanes) is 2. The summed E-state index contributed by atoms with van der Waals surface area (Å²) in [5, 5.41) is 0. The minimum atomic E-state index is -0.727. The lowest BCUT2D eigenvalue weighted by Gasteiger charge is -2.29. The van der Waals surface area contributed by atoms with Gasteiger partial charge in [-0.25, -0.2) is 8.78 Å². The Hall–Kier alpha value is -1.70. The summed E-state index contributed by atoms with van der Waals surface area (Å²) in [7, 11) is 0. The first-order valence-electron chi connectivity index (χ1n) is 10.7. The third-order valence-electron chi connectivity index (χ3n) is 6.30. The quantitative estimate of drug-likeness (QED) is 0.432. The number of halogens is 2. The molecule has 1 fully saturated rings. The van der Waals surface area contributed by atoms with Crippen LogP contribution in [-0.4, -0.2) is 0 Å². The third-order valence-corrected chi connectivity index (χ3v) is 6.30. The summed E-state index contributed by atoms with van der Waals surface area (Å²) in [6.07, 6.45) is 11.1. The summed E-state index contributed by atoms with van der Waals surface area (Å²) < 4.78 is 28.5. The van der Waals surface area contributed by atoms with E-state index in [4.69, 9.17) is 0 Å². The van der Waals surface area contributed by atoms with E-state index in [9.17, 15) is 8.78 Å². The molecule has 0 atom stereocenters. The van der Waals surface area contributed by atoms with Crippen molar-refractivity contribution in [3.05, 3.63) is 59.2 Å². The summed E-state index contributed by atoms with van der Waals surface area (Å²) in [6, 6.07) is 11.5. The summed E-state index contributed by atoms with van der Waals surface area (Å²) in [5.41, 5.74) is 2.89. The van der Waals surface area contributed by atoms with E-state index in [0.717, 1.165) is 11.5 Å². The van der Waals surface area contributed by atoms with Crippen molar-refractivity contribution >= 4 is 0 Å². The van der Waals surface area contributed by atoms with Gasteiger partial charge in [-0.05, 0) is 60.6 Å². The molecule has 146 valence electrons. The van der Waals surface area contributed by atoms with Gasteiger partial charge in [0.25, 0.3) is 0 Å². The van der Waals surface area contributed by atoms with Gasteiger partial charge in [0.1, 0.15) is 0 Å². The van der Waals surface area contributed by atoms with Gasteiger partial charge < -0.3 is 0 Å². The van der Waals surface area contributed by atoms with Crippen molar-refractivity contribution in [2.45, 2.75) is 77.6 Å². The van der Waals surface area contributed by atoms with E-state index >= 15 is 0 Å². The Bertz CT molecular complexity index is 725. The van der Waals surface area contributed by atoms with Crippen molar-refractivity contribution in [1.82, 2.24) is 0 Å². The van der Waals surface area contributed by atoms with E-state index in [1.807, 2.05) is 19.1 Å². The van der Waals surface area contributed by atoms with Gasteiger partial charge in [0.2, 0.25) is 0 Å². The molecule has 1 saturated carbocycles. The molecule has 0 N–H and O–H groups in total. The molecule has 0 radical (unpaired) electrons. The average Bonchev–Trinajstić information content (AvgIpc) is 2.71. The van der Waals surface area contributed by atoms with Gasteiger partial charge >= 0.3 is 0 Å². The topological polar surface area (TPSA) is 0 Å². The highest BCUT2D eigenvalue weighted by atomic mass is 19.2. The predicted molar refractivity (Wildman–Crippen MR) is 110 cm³/mol. The number of hydrogen-bond donors (Lipinski definition) is 0. The van der Waals surface area contributed by atoms with Crippen LogP contribution in [0.25, 0.3) is 11.1 Å². The zero-order chi connectivity index (χ0) is 19.2. The molecule has 0 amide bonds. The molecular formula is C25H32F2. The molecule has 0 unspecified atom stereocenters. The Morgan fingerprint density at radius 2 is 1.52 bits per heavy atom. The molecule has 0 bridgehead atoms. The highest BCUT2D eigenvalue weighted by molar-refractivity contribution is 5.65. The van der Waals surface area contributed by atoms with Crippen molar-refractivity contribution in [2.24, 2.45) is 5.92 Å². The second kappa shape index (κ2) is 9.48. The van der Waals surface area contributed by atoms with Crippen LogP contribution in [0, 0.1) is 17.6 Å². The van der Waals surface area contributed by atoms with E-state index in [1.165, 1.54) is 56.9 Å². The Balaban J connectivity index is 1.64. The van der Waals surface area contributed by atoms with E-state index in [1.54, 1.807) is 12.1 Å². The molecule has 1 aliphatic carbocycles. The van der Waals surface area contributed by atoms with Crippen molar-refractivity contribution in [2.75, 3.05) is 0 Å². The monoisotopic (exact) mass is 370 g/mol. The standard InChI is InChI=1S/C25H32F2/c1-3-5-6-7-18-8-10-20(11-9-18)21-12-14-22(15-13-21)23-17-16-19(4-2)24(26)25(23)27/h12-18,20H,3-11H2,1-2H3. The second-order valence-electron chi connectivity index (χ2n) is 8.09. The maximum atomic E-state index is 14.4. The highest BCUT2D eigenvalue weighted by Gasteiger charge is 2.22. The second-order valence-corrected chi connectivity index (χ2v) is 8.09. The predicted octanol–water partition coefficient (Wildman–Crippen LogP) is 8.05. The van der Waals surface area contributed by atoms with Crippen LogP contribution in [0.15, 0.2) is 36.4 Å². The minimum absolute atomic E-state index is 0.357. The molecule has 2 aromatic rings. The molecule has 2 heteroatoms. The van der Waals surface area contributed by atoms with Crippen molar-refractivity contribution in [3.8, 4) is 11.1 Å². The van der Waals surface area contributed by atoms with Crippen LogP contribution in [0.4, 0.5) is 8.78 Å². The third kappa shape index (κ3) is 4.78. The van der Waals surface area contributed by atoms with Gasteiger partial charge in [-0.3, -0.25) is 0 Å². The number of hydrogen-bond acceptors (Lipinski definition) is 0. The van der Waals surface area contributed by atoms with Crippen molar-refractivity contribution < 1.29 is 8.78 Å². The molecule has 1 aliphatic rings. The Kier molecular flexibility index (Phi) is 7.04. The van der Waals surface area contributed by atoms with Gasteiger partial charge in [0.15, 0.2) is 11.6 Å². The van der Waals surface area contributed by atoms with Gasteiger partial charge in [-0.2, -0.15) is 0 Å². The van der Waals surface area contributed by atoms with E-state index in [0.29, 0.717) is 23.5 Å². The fourth-order valence-corrected chi connectivity index (χ4v) is 4.49. The fraction of sp³-hybridized carbons (Fsp3) is 0.520. The summed E-state index contributed by atoms with van der Waals surface area (Å²) in [5.74, 6) is 0.0851. The first-order valence-corrected chi connectivity index (χ1v) is 10.7. The lowest BCUT2D eigenvalue weighted by molar-refractivity contribution is 0.303. The molecule has 27 heavy (non-hydrogen) atoms. The van der Waals surface area contributed by atoms with Crippen molar-refractivity contribution in [3.63, 3.8) is 0 Å². The minimum Gasteiger partial charge on any atom is -0.203 e. The summed E-state index contributed by atoms with van der Waals surface area (Å²) in [4.78, 5) is 0. The van der Waals surface area contributed by atoms with Crippen LogP contribution in [0.2, 0.25) is 0 Å². The van der Waals surface area contributed by atoms with Crippen LogP contribution >= 0.6 is 0 Å². The number of aryl methyl sites for hydroxylation is 1. The molecule has 0 nitrogen and oxygen atoms in total. The van der Waals surface area contributed by atoms with Crippen LogP contribution in [0.5, 0.6) is 0 Å². The van der Waals surface area contributed by atoms with Crippen LogP contribution in [-0.2, 0) is 6.42 Å². The highest BCUT2D eigenvalue weighted by Crippen LogP contribution is 2.38. The Morgan fingerprint density at radius 3 is 2.15 bits per heavy atom. The number of rotatable bonds is 7. The van der Waals surface area contributed by atoms with E-state index in [2.05, 4.69) is 19.1 Å². The molecule has 0 aromatic heterocycles. The zero-order valence-corrected chi connectivity index (χ0v) is 16.7. The van der Waals surface area contributed by atoms with Gasteiger partial charge in [-0.1, -0.05) is 75.9 Å². The van der Waals surface area contributed by atoms with Crippen LogP contribution in [0.1, 0.15) is 82.3 Å². The molecule has 0 aliphatic heterocycles. The normalized spacial score (nSPS) is 20.0. The van der Waals surface area contributed by atoms with Gasteiger partial charge in [-0.15, -0.1) is 0 Å². The lowest BCUT2D eigenvalue weighted by Crippen LogP contribution is -2.13. The molecule has 0 spiro atoms. The summed E-state index contributed by atoms with van der Waals surface area (Å²) in [6.45, 7) is 4.10. The SMILES string of the molecule is CCCCCC1CCC(c2ccc(-c3ccc(CC)c(F)c3F)cc2)CC1.